The van der Waals surface area contributed by atoms with Crippen LogP contribution in [0.15, 0.2) is 36.7 Å². The van der Waals surface area contributed by atoms with E-state index in [-0.39, 0.29) is 0 Å². The molecule has 1 amide bonds. The van der Waals surface area contributed by atoms with Gasteiger partial charge >= 0.3 is 0 Å². The lowest BCUT2D eigenvalue weighted by Crippen LogP contribution is -2.12. The molecule has 5 nitrogen and oxygen atoms in total. The molecule has 0 unspecified atom stereocenters. The van der Waals surface area contributed by atoms with Gasteiger partial charge in [-0.1, -0.05) is 13.0 Å². The monoisotopic (exact) mass is 258 g/mol. The number of primary amides is 1. The average Bonchev–Trinajstić information content (AvgIpc) is 2.85. The highest BCUT2D eigenvalue weighted by atomic mass is 16.1. The fourth-order valence-corrected chi connectivity index (χ4v) is 1.92. The fourth-order valence-electron chi connectivity index (χ4n) is 1.92. The molecule has 0 spiro atoms. The van der Waals surface area contributed by atoms with E-state index >= 15 is 0 Å². The van der Waals surface area contributed by atoms with E-state index in [2.05, 4.69) is 21.8 Å². The van der Waals surface area contributed by atoms with Gasteiger partial charge in [-0.05, 0) is 24.6 Å². The van der Waals surface area contributed by atoms with Gasteiger partial charge in [0.1, 0.15) is 5.82 Å². The van der Waals surface area contributed by atoms with Crippen LogP contribution in [0.25, 0.3) is 0 Å². The number of carbonyl (C=O) groups is 1. The Bertz CT molecular complexity index is 562. The van der Waals surface area contributed by atoms with Crippen LogP contribution in [-0.2, 0) is 13.1 Å². The first-order chi connectivity index (χ1) is 9.20. The Labute approximate surface area is 112 Å². The number of aryl methyl sites for hydroxylation is 1. The number of hydrogen-bond donors (Lipinski definition) is 2. The molecule has 0 radical (unpaired) electrons. The summed E-state index contributed by atoms with van der Waals surface area (Å²) >= 11 is 0. The molecule has 1 aromatic heterocycles. The average molecular weight is 258 g/mol. The fraction of sp³-hybridized carbons (Fsp3) is 0.286. The van der Waals surface area contributed by atoms with Gasteiger partial charge in [-0.25, -0.2) is 4.98 Å². The molecular formula is C14H18N4O. The first kappa shape index (κ1) is 13.1. The Morgan fingerprint density at radius 3 is 3.05 bits per heavy atom. The van der Waals surface area contributed by atoms with Crippen LogP contribution in [-0.4, -0.2) is 15.5 Å². The SMILES string of the molecule is CCCn1ccnc1CNc1cccc(C(N)=O)c1. The van der Waals surface area contributed by atoms with Crippen molar-refractivity contribution in [3.05, 3.63) is 48.0 Å². The van der Waals surface area contributed by atoms with Crippen molar-refractivity contribution in [3.8, 4) is 0 Å². The van der Waals surface area contributed by atoms with Gasteiger partial charge in [-0.2, -0.15) is 0 Å². The van der Waals surface area contributed by atoms with E-state index in [1.807, 2.05) is 12.3 Å². The Kier molecular flexibility index (Phi) is 4.18. The molecule has 19 heavy (non-hydrogen) atoms. The molecule has 0 bridgehead atoms. The summed E-state index contributed by atoms with van der Waals surface area (Å²) < 4.78 is 2.12. The van der Waals surface area contributed by atoms with Crippen molar-refractivity contribution in [2.75, 3.05) is 5.32 Å². The zero-order chi connectivity index (χ0) is 13.7. The van der Waals surface area contributed by atoms with Crippen molar-refractivity contribution in [1.82, 2.24) is 9.55 Å². The number of nitrogens with one attached hydrogen (secondary N) is 1. The number of nitrogens with zero attached hydrogens (tertiary/aromatic N) is 2. The van der Waals surface area contributed by atoms with E-state index < -0.39 is 5.91 Å². The largest absolute Gasteiger partial charge is 0.378 e. The predicted octanol–water partition coefficient (Wildman–Crippen LogP) is 2.00. The second-order valence-corrected chi connectivity index (χ2v) is 4.34. The van der Waals surface area contributed by atoms with Crippen molar-refractivity contribution < 1.29 is 4.79 Å². The summed E-state index contributed by atoms with van der Waals surface area (Å²) in [6.45, 7) is 3.71. The van der Waals surface area contributed by atoms with Crippen LogP contribution in [0.5, 0.6) is 0 Å². The summed E-state index contributed by atoms with van der Waals surface area (Å²) in [7, 11) is 0. The number of anilines is 1. The highest BCUT2D eigenvalue weighted by molar-refractivity contribution is 5.93. The van der Waals surface area contributed by atoms with Gasteiger partial charge in [0.05, 0.1) is 6.54 Å². The van der Waals surface area contributed by atoms with Crippen LogP contribution in [0.3, 0.4) is 0 Å². The lowest BCUT2D eigenvalue weighted by Gasteiger charge is -2.09. The first-order valence-corrected chi connectivity index (χ1v) is 6.34. The van der Waals surface area contributed by atoms with Crippen molar-refractivity contribution in [3.63, 3.8) is 0 Å². The summed E-state index contributed by atoms with van der Waals surface area (Å²) in [5.74, 6) is 0.558. The maximum atomic E-state index is 11.1. The number of amides is 1. The second kappa shape index (κ2) is 6.04. The zero-order valence-electron chi connectivity index (χ0n) is 11.0. The molecule has 0 fully saturated rings. The molecule has 0 saturated carbocycles. The van der Waals surface area contributed by atoms with E-state index in [1.54, 1.807) is 24.4 Å². The summed E-state index contributed by atoms with van der Waals surface area (Å²) in [5, 5.41) is 3.25. The molecule has 100 valence electrons. The third-order valence-electron chi connectivity index (χ3n) is 2.86. The van der Waals surface area contributed by atoms with Gasteiger partial charge in [0.2, 0.25) is 5.91 Å². The van der Waals surface area contributed by atoms with Gasteiger partial charge in [-0.3, -0.25) is 4.79 Å². The van der Waals surface area contributed by atoms with E-state index in [0.717, 1.165) is 24.5 Å². The second-order valence-electron chi connectivity index (χ2n) is 4.34. The van der Waals surface area contributed by atoms with E-state index in [4.69, 9.17) is 5.73 Å². The Balaban J connectivity index is 2.04. The number of carbonyl (C=O) groups excluding carboxylic acids is 1. The van der Waals surface area contributed by atoms with Crippen molar-refractivity contribution in [1.29, 1.82) is 0 Å². The number of benzene rings is 1. The number of aromatic nitrogens is 2. The van der Waals surface area contributed by atoms with Crippen molar-refractivity contribution in [2.24, 2.45) is 5.73 Å². The van der Waals surface area contributed by atoms with Crippen LogP contribution in [0.4, 0.5) is 5.69 Å². The molecule has 2 rings (SSSR count). The lowest BCUT2D eigenvalue weighted by molar-refractivity contribution is 0.100. The molecule has 0 saturated heterocycles. The molecule has 2 aromatic rings. The zero-order valence-corrected chi connectivity index (χ0v) is 11.0. The minimum atomic E-state index is -0.420. The highest BCUT2D eigenvalue weighted by Gasteiger charge is 2.04. The minimum absolute atomic E-state index is 0.420. The normalized spacial score (nSPS) is 10.4. The number of rotatable bonds is 6. The number of nitrogens with two attached hydrogens (primary N) is 1. The lowest BCUT2D eigenvalue weighted by atomic mass is 10.2. The molecule has 5 heteroatoms. The smallest absolute Gasteiger partial charge is 0.248 e. The summed E-state index contributed by atoms with van der Waals surface area (Å²) in [6, 6.07) is 7.15. The Morgan fingerprint density at radius 1 is 1.47 bits per heavy atom. The standard InChI is InChI=1S/C14H18N4O/c1-2-7-18-8-6-16-13(18)10-17-12-5-3-4-11(9-12)14(15)19/h3-6,8-9,17H,2,7,10H2,1H3,(H2,15,19). The van der Waals surface area contributed by atoms with Gasteiger partial charge < -0.3 is 15.6 Å². The van der Waals surface area contributed by atoms with Gasteiger partial charge in [0.25, 0.3) is 0 Å². The molecule has 1 aromatic carbocycles. The van der Waals surface area contributed by atoms with Crippen molar-refractivity contribution >= 4 is 11.6 Å². The highest BCUT2D eigenvalue weighted by Crippen LogP contribution is 2.11. The van der Waals surface area contributed by atoms with Crippen molar-refractivity contribution in [2.45, 2.75) is 26.4 Å². The van der Waals surface area contributed by atoms with Crippen LogP contribution < -0.4 is 11.1 Å². The predicted molar refractivity (Wildman–Crippen MR) is 74.8 cm³/mol. The van der Waals surface area contributed by atoms with E-state index in [9.17, 15) is 4.79 Å². The van der Waals surface area contributed by atoms with Gasteiger partial charge in [-0.15, -0.1) is 0 Å². The van der Waals surface area contributed by atoms with Crippen LogP contribution in [0.1, 0.15) is 29.5 Å². The Hall–Kier alpha value is -2.30. The summed E-state index contributed by atoms with van der Waals surface area (Å²) in [4.78, 5) is 15.4. The topological polar surface area (TPSA) is 72.9 Å². The third kappa shape index (κ3) is 3.34. The van der Waals surface area contributed by atoms with Gasteiger partial charge in [0, 0.05) is 30.2 Å². The molecule has 0 aliphatic heterocycles. The van der Waals surface area contributed by atoms with E-state index in [0.29, 0.717) is 12.1 Å². The molecule has 0 aliphatic carbocycles. The quantitative estimate of drug-likeness (QED) is 0.832. The van der Waals surface area contributed by atoms with E-state index in [1.165, 1.54) is 0 Å². The first-order valence-electron chi connectivity index (χ1n) is 6.34. The molecular weight excluding hydrogens is 240 g/mol. The minimum Gasteiger partial charge on any atom is -0.378 e. The van der Waals surface area contributed by atoms with Crippen LogP contribution in [0.2, 0.25) is 0 Å². The maximum absolute atomic E-state index is 11.1. The van der Waals surface area contributed by atoms with Crippen LogP contribution >= 0.6 is 0 Å². The molecule has 3 N–H and O–H groups in total. The molecule has 1 heterocycles. The summed E-state index contributed by atoms with van der Waals surface area (Å²) in [6.07, 6.45) is 4.84. The summed E-state index contributed by atoms with van der Waals surface area (Å²) in [5.41, 5.74) is 6.62. The number of imidazole rings is 1. The maximum Gasteiger partial charge on any atom is 0.248 e. The third-order valence-corrected chi connectivity index (χ3v) is 2.86. The van der Waals surface area contributed by atoms with Crippen LogP contribution in [0, 0.1) is 0 Å². The van der Waals surface area contributed by atoms with Gasteiger partial charge in [0.15, 0.2) is 0 Å². The molecule has 0 aliphatic rings. The Morgan fingerprint density at radius 2 is 2.32 bits per heavy atom. The molecule has 0 atom stereocenters. The number of hydrogen-bond acceptors (Lipinski definition) is 3.